The van der Waals surface area contributed by atoms with Crippen molar-refractivity contribution in [1.82, 2.24) is 0 Å². The quantitative estimate of drug-likeness (QED) is 0.394. The lowest BCUT2D eigenvalue weighted by atomic mass is 9.99. The van der Waals surface area contributed by atoms with E-state index in [2.05, 4.69) is 0 Å². The Labute approximate surface area is 206 Å². The first-order chi connectivity index (χ1) is 17.4. The van der Waals surface area contributed by atoms with Crippen LogP contribution in [0.2, 0.25) is 0 Å². The van der Waals surface area contributed by atoms with E-state index in [0.717, 1.165) is 0 Å². The standard InChI is InChI=1S/C27H23FO8/c28-21-20(16-33-24(29)17-10-4-1-5-11-17)34-27(32)23(36-26(31)19-14-8-3-9-15-19)22(21)35-25(30)18-12-6-2-7-13-18/h1-15,20-23,27,32H,16H2/t20?,21-,22?,23?,27+/m1/s1. The van der Waals surface area contributed by atoms with Crippen LogP contribution in [0.4, 0.5) is 4.39 Å². The number of carbonyl (C=O) groups is 3. The summed E-state index contributed by atoms with van der Waals surface area (Å²) < 4.78 is 36.7. The van der Waals surface area contributed by atoms with Crippen molar-refractivity contribution in [3.05, 3.63) is 108 Å². The number of rotatable bonds is 7. The third kappa shape index (κ3) is 5.94. The molecule has 1 aliphatic heterocycles. The molecule has 0 amide bonds. The van der Waals surface area contributed by atoms with Gasteiger partial charge < -0.3 is 24.1 Å². The largest absolute Gasteiger partial charge is 0.459 e. The Hall–Kier alpha value is -4.08. The van der Waals surface area contributed by atoms with Gasteiger partial charge in [-0.25, -0.2) is 18.8 Å². The molecule has 36 heavy (non-hydrogen) atoms. The van der Waals surface area contributed by atoms with Crippen molar-refractivity contribution >= 4 is 17.9 Å². The van der Waals surface area contributed by atoms with E-state index >= 15 is 4.39 Å². The minimum absolute atomic E-state index is 0.130. The van der Waals surface area contributed by atoms with E-state index in [-0.39, 0.29) is 16.7 Å². The van der Waals surface area contributed by atoms with Crippen LogP contribution in [0.3, 0.4) is 0 Å². The number of carbonyl (C=O) groups excluding carboxylic acids is 3. The van der Waals surface area contributed by atoms with Crippen LogP contribution in [0.1, 0.15) is 31.1 Å². The summed E-state index contributed by atoms with van der Waals surface area (Å²) in [6, 6.07) is 23.7. The van der Waals surface area contributed by atoms with Crippen LogP contribution in [-0.2, 0) is 18.9 Å². The summed E-state index contributed by atoms with van der Waals surface area (Å²) >= 11 is 0. The third-order valence-corrected chi connectivity index (χ3v) is 5.48. The SMILES string of the molecule is O=C(OCC1O[C@H](O)C(OC(=O)c2ccccc2)C(OC(=O)c2ccccc2)[C@@H]1F)c1ccccc1. The molecular weight excluding hydrogens is 471 g/mol. The van der Waals surface area contributed by atoms with Crippen molar-refractivity contribution in [2.45, 2.75) is 30.8 Å². The summed E-state index contributed by atoms with van der Waals surface area (Å²) in [5, 5.41) is 10.6. The molecule has 0 bridgehead atoms. The minimum Gasteiger partial charge on any atom is -0.459 e. The summed E-state index contributed by atoms with van der Waals surface area (Å²) in [5.41, 5.74) is 0.518. The lowest BCUT2D eigenvalue weighted by molar-refractivity contribution is -0.273. The Morgan fingerprint density at radius 2 is 1.11 bits per heavy atom. The molecule has 1 heterocycles. The molecule has 3 unspecified atom stereocenters. The van der Waals surface area contributed by atoms with E-state index in [9.17, 15) is 19.5 Å². The van der Waals surface area contributed by atoms with Crippen LogP contribution in [0.15, 0.2) is 91.0 Å². The Morgan fingerprint density at radius 3 is 1.58 bits per heavy atom. The highest BCUT2D eigenvalue weighted by Crippen LogP contribution is 2.29. The van der Waals surface area contributed by atoms with Crippen LogP contribution < -0.4 is 0 Å². The van der Waals surface area contributed by atoms with E-state index in [0.29, 0.717) is 0 Å². The lowest BCUT2D eigenvalue weighted by Crippen LogP contribution is -2.60. The van der Waals surface area contributed by atoms with Crippen molar-refractivity contribution in [3.8, 4) is 0 Å². The van der Waals surface area contributed by atoms with Gasteiger partial charge in [-0.1, -0.05) is 54.6 Å². The molecule has 0 aliphatic carbocycles. The average Bonchev–Trinajstić information content (AvgIpc) is 2.92. The summed E-state index contributed by atoms with van der Waals surface area (Å²) in [6.07, 6.45) is -8.87. The second kappa shape index (κ2) is 11.6. The molecule has 4 rings (SSSR count). The summed E-state index contributed by atoms with van der Waals surface area (Å²) in [4.78, 5) is 37.6. The molecule has 0 saturated carbocycles. The topological polar surface area (TPSA) is 108 Å². The smallest absolute Gasteiger partial charge is 0.338 e. The number of alkyl halides is 1. The summed E-state index contributed by atoms with van der Waals surface area (Å²) in [7, 11) is 0. The predicted molar refractivity (Wildman–Crippen MR) is 124 cm³/mol. The van der Waals surface area contributed by atoms with E-state index < -0.39 is 55.3 Å². The molecule has 1 N–H and O–H groups in total. The molecular formula is C27H23FO8. The van der Waals surface area contributed by atoms with Gasteiger partial charge in [0.05, 0.1) is 16.7 Å². The molecule has 3 aromatic carbocycles. The molecule has 8 nitrogen and oxygen atoms in total. The molecule has 5 atom stereocenters. The van der Waals surface area contributed by atoms with E-state index in [4.69, 9.17) is 18.9 Å². The van der Waals surface area contributed by atoms with Crippen LogP contribution in [0.25, 0.3) is 0 Å². The van der Waals surface area contributed by atoms with Gasteiger partial charge in [0.25, 0.3) is 0 Å². The highest BCUT2D eigenvalue weighted by molar-refractivity contribution is 5.90. The zero-order valence-electron chi connectivity index (χ0n) is 18.9. The number of ether oxygens (including phenoxy) is 4. The van der Waals surface area contributed by atoms with Crippen LogP contribution in [0.5, 0.6) is 0 Å². The maximum Gasteiger partial charge on any atom is 0.338 e. The van der Waals surface area contributed by atoms with Crippen LogP contribution in [0, 0.1) is 0 Å². The van der Waals surface area contributed by atoms with Gasteiger partial charge in [0.1, 0.15) is 12.7 Å². The number of aliphatic hydroxyl groups is 1. The second-order valence-corrected chi connectivity index (χ2v) is 7.95. The zero-order chi connectivity index (χ0) is 25.5. The van der Waals surface area contributed by atoms with Crippen LogP contribution in [-0.4, -0.2) is 60.4 Å². The molecule has 1 fully saturated rings. The maximum absolute atomic E-state index is 15.6. The van der Waals surface area contributed by atoms with Crippen molar-refractivity contribution in [2.24, 2.45) is 0 Å². The second-order valence-electron chi connectivity index (χ2n) is 7.95. The summed E-state index contributed by atoms with van der Waals surface area (Å²) in [6.45, 7) is -0.579. The molecule has 0 radical (unpaired) electrons. The first-order valence-corrected chi connectivity index (χ1v) is 11.2. The Morgan fingerprint density at radius 1 is 0.694 bits per heavy atom. The number of esters is 3. The number of benzene rings is 3. The van der Waals surface area contributed by atoms with E-state index in [1.54, 1.807) is 54.6 Å². The van der Waals surface area contributed by atoms with Crippen molar-refractivity contribution in [2.75, 3.05) is 6.61 Å². The molecule has 3 aromatic rings. The predicted octanol–water partition coefficient (Wildman–Crippen LogP) is 3.35. The van der Waals surface area contributed by atoms with Crippen molar-refractivity contribution < 1.29 is 42.8 Å². The summed E-state index contributed by atoms with van der Waals surface area (Å²) in [5.74, 6) is -2.49. The molecule has 9 heteroatoms. The third-order valence-electron chi connectivity index (χ3n) is 5.48. The van der Waals surface area contributed by atoms with E-state index in [1.807, 2.05) is 0 Å². The van der Waals surface area contributed by atoms with Gasteiger partial charge >= 0.3 is 17.9 Å². The zero-order valence-corrected chi connectivity index (χ0v) is 18.9. The molecule has 0 spiro atoms. The van der Waals surface area contributed by atoms with Crippen molar-refractivity contribution in [1.29, 1.82) is 0 Å². The number of hydrogen-bond acceptors (Lipinski definition) is 8. The average molecular weight is 494 g/mol. The fraction of sp³-hybridized carbons (Fsp3) is 0.222. The van der Waals surface area contributed by atoms with Gasteiger partial charge in [-0.2, -0.15) is 0 Å². The normalized spacial score (nSPS) is 23.3. The van der Waals surface area contributed by atoms with Gasteiger partial charge in [0.2, 0.25) is 0 Å². The van der Waals surface area contributed by atoms with Crippen molar-refractivity contribution in [3.63, 3.8) is 0 Å². The number of aliphatic hydroxyl groups excluding tert-OH is 1. The van der Waals surface area contributed by atoms with E-state index in [1.165, 1.54) is 36.4 Å². The monoisotopic (exact) mass is 494 g/mol. The minimum atomic E-state index is -2.10. The van der Waals surface area contributed by atoms with Gasteiger partial charge in [0.15, 0.2) is 24.7 Å². The molecule has 1 saturated heterocycles. The number of hydrogen-bond donors (Lipinski definition) is 1. The van der Waals surface area contributed by atoms with Gasteiger partial charge in [-0.3, -0.25) is 0 Å². The molecule has 186 valence electrons. The van der Waals surface area contributed by atoms with Gasteiger partial charge in [-0.05, 0) is 36.4 Å². The highest BCUT2D eigenvalue weighted by atomic mass is 19.1. The first kappa shape index (κ1) is 25.0. The highest BCUT2D eigenvalue weighted by Gasteiger charge is 2.51. The van der Waals surface area contributed by atoms with Gasteiger partial charge in [-0.15, -0.1) is 0 Å². The maximum atomic E-state index is 15.6. The lowest BCUT2D eigenvalue weighted by Gasteiger charge is -2.40. The Balaban J connectivity index is 1.52. The molecule has 1 aliphatic rings. The fourth-order valence-electron chi connectivity index (χ4n) is 3.62. The Kier molecular flexibility index (Phi) is 8.04. The Bertz CT molecular complexity index is 1170. The first-order valence-electron chi connectivity index (χ1n) is 11.2. The van der Waals surface area contributed by atoms with Gasteiger partial charge in [0, 0.05) is 0 Å². The number of halogens is 1. The van der Waals surface area contributed by atoms with Crippen LogP contribution >= 0.6 is 0 Å². The fourth-order valence-corrected chi connectivity index (χ4v) is 3.62. The molecule has 0 aromatic heterocycles.